The Kier molecular flexibility index (Phi) is 13.0. The molecule has 0 aromatic carbocycles. The van der Waals surface area contributed by atoms with Crippen LogP contribution in [0.3, 0.4) is 0 Å². The van der Waals surface area contributed by atoms with Crippen LogP contribution in [0.4, 0.5) is 0 Å². The number of ether oxygens (including phenoxy) is 5. The van der Waals surface area contributed by atoms with Gasteiger partial charge in [-0.2, -0.15) is 0 Å². The Morgan fingerprint density at radius 1 is 0.590 bits per heavy atom. The van der Waals surface area contributed by atoms with Crippen LogP contribution in [0, 0.1) is 0 Å². The molecule has 0 aliphatic carbocycles. The summed E-state index contributed by atoms with van der Waals surface area (Å²) in [6.45, 7) is -2.00. The molecule has 20 nitrogen and oxygen atoms in total. The highest BCUT2D eigenvalue weighted by Gasteiger charge is 2.52. The first kappa shape index (κ1) is 34.7. The number of aliphatic hydroxyl groups excluding tert-OH is 8. The van der Waals surface area contributed by atoms with Gasteiger partial charge in [-0.3, -0.25) is 0 Å². The lowest BCUT2D eigenvalue weighted by Crippen LogP contribution is -2.69. The number of phosphoric acid groups is 1. The fraction of sp³-hybridized carbons (Fsp3) is 1.00. The van der Waals surface area contributed by atoms with Crippen LogP contribution < -0.4 is 17.2 Å². The normalized spacial score (nSPS) is 47.3. The molecular weight excluding hydrogens is 561 g/mol. The van der Waals surface area contributed by atoms with Gasteiger partial charge >= 0.3 is 7.82 Å². The second-order valence-corrected chi connectivity index (χ2v) is 10.1. The zero-order valence-corrected chi connectivity index (χ0v) is 21.2. The molecule has 3 aliphatic heterocycles. The van der Waals surface area contributed by atoms with Crippen molar-refractivity contribution in [1.82, 2.24) is 0 Å². The maximum Gasteiger partial charge on any atom is 0.466 e. The van der Waals surface area contributed by atoms with Crippen molar-refractivity contribution in [3.63, 3.8) is 0 Å². The summed E-state index contributed by atoms with van der Waals surface area (Å²) in [5.41, 5.74) is 17.6. The first-order valence-electron chi connectivity index (χ1n) is 11.6. The van der Waals surface area contributed by atoms with Crippen molar-refractivity contribution in [2.24, 2.45) is 17.2 Å². The molecule has 0 radical (unpaired) electrons. The molecule has 3 fully saturated rings. The van der Waals surface area contributed by atoms with Gasteiger partial charge in [-0.15, -0.1) is 0 Å². The molecule has 3 rings (SSSR count). The zero-order chi connectivity index (χ0) is 29.8. The maximum absolute atomic E-state index is 10.8. The van der Waals surface area contributed by atoms with E-state index in [0.29, 0.717) is 0 Å². The lowest BCUT2D eigenvalue weighted by atomic mass is 9.94. The number of nitrogens with two attached hydrogens (primary N) is 3. The smallest absolute Gasteiger partial charge is 0.394 e. The van der Waals surface area contributed by atoms with E-state index in [1.54, 1.807) is 0 Å². The largest absolute Gasteiger partial charge is 0.466 e. The van der Waals surface area contributed by atoms with Gasteiger partial charge < -0.3 is 96.4 Å². The maximum atomic E-state index is 10.8. The van der Waals surface area contributed by atoms with Gasteiger partial charge in [0.05, 0.1) is 37.9 Å². The molecule has 3 heterocycles. The first-order chi connectivity index (χ1) is 18.0. The molecule has 0 amide bonds. The second-order valence-electron chi connectivity index (χ2n) is 9.11. The van der Waals surface area contributed by atoms with Gasteiger partial charge in [0.15, 0.2) is 18.9 Å². The van der Waals surface area contributed by atoms with Crippen molar-refractivity contribution in [2.75, 3.05) is 19.8 Å². The van der Waals surface area contributed by atoms with E-state index in [2.05, 4.69) is 0 Å². The van der Waals surface area contributed by atoms with Crippen LogP contribution in [0.5, 0.6) is 0 Å². The predicted octanol–water partition coefficient (Wildman–Crippen LogP) is -8.60. The van der Waals surface area contributed by atoms with Gasteiger partial charge in [0, 0.05) is 0 Å². The fourth-order valence-electron chi connectivity index (χ4n) is 4.18. The quantitative estimate of drug-likeness (QED) is 0.121. The van der Waals surface area contributed by atoms with Gasteiger partial charge in [-0.05, 0) is 0 Å². The third kappa shape index (κ3) is 8.73. The van der Waals surface area contributed by atoms with Crippen LogP contribution in [0.2, 0.25) is 0 Å². The molecule has 0 aromatic heterocycles. The summed E-state index contributed by atoms with van der Waals surface area (Å²) < 4.78 is 36.3. The van der Waals surface area contributed by atoms with Crippen molar-refractivity contribution >= 4 is 7.82 Å². The molecule has 0 aromatic rings. The highest BCUT2D eigenvalue weighted by atomic mass is 31.2. The average molecular weight is 599 g/mol. The molecule has 15 atom stereocenters. The minimum absolute atomic E-state index is 0.651. The van der Waals surface area contributed by atoms with Crippen LogP contribution in [0.25, 0.3) is 0 Å². The highest BCUT2D eigenvalue weighted by Crippen LogP contribution is 2.31. The fourth-order valence-corrected chi connectivity index (χ4v) is 4.18. The molecule has 3 aliphatic rings. The minimum atomic E-state index is -4.64. The number of aliphatic hydroxyl groups is 8. The van der Waals surface area contributed by atoms with Crippen molar-refractivity contribution in [3.05, 3.63) is 0 Å². The molecule has 39 heavy (non-hydrogen) atoms. The Balaban J connectivity index is 0.000000976. The van der Waals surface area contributed by atoms with Crippen LogP contribution in [0.1, 0.15) is 0 Å². The Hall–Kier alpha value is -0.530. The third-order valence-electron chi connectivity index (χ3n) is 6.33. The van der Waals surface area contributed by atoms with E-state index in [9.17, 15) is 40.9 Å². The topological polar surface area (TPSA) is 364 Å². The van der Waals surface area contributed by atoms with Gasteiger partial charge in [-0.25, -0.2) is 4.57 Å². The van der Waals surface area contributed by atoms with Gasteiger partial charge in [0.25, 0.3) is 0 Å². The van der Waals surface area contributed by atoms with Crippen LogP contribution in [-0.2, 0) is 28.2 Å². The molecule has 0 bridgehead atoms. The van der Waals surface area contributed by atoms with Crippen molar-refractivity contribution in [2.45, 2.75) is 91.9 Å². The number of rotatable bonds is 7. The summed E-state index contributed by atoms with van der Waals surface area (Å²) in [5, 5.41) is 79.6. The Bertz CT molecular complexity index is 784. The second kappa shape index (κ2) is 14.6. The van der Waals surface area contributed by atoms with E-state index in [0.717, 1.165) is 0 Å². The molecule has 21 heteroatoms. The van der Waals surface area contributed by atoms with Crippen molar-refractivity contribution in [1.29, 1.82) is 0 Å². The summed E-state index contributed by atoms with van der Waals surface area (Å²) >= 11 is 0. The van der Waals surface area contributed by atoms with E-state index in [1.807, 2.05) is 0 Å². The summed E-state index contributed by atoms with van der Waals surface area (Å²) in [5.74, 6) is 0. The standard InChI is InChI=1S/C18H35N3O13.H3O4P/c19-7-12(27)14(5(2-23)30-16(7)29)33-18-9(21)13(28)15(6(3-24)32-18)34-17-8(20)11(26)10(25)4(1-22)31-17;1-5(2,3)4/h4-18,22-29H,1-3,19-21H2;(H3,1,2,3,4)/t4-,5-,6-,7-,8-,9-,10-,11-,12-,13-,14?,15?,16-,17+,18+;/m1./s1. The lowest BCUT2D eigenvalue weighted by Gasteiger charge is -2.48. The Morgan fingerprint density at radius 3 is 1.38 bits per heavy atom. The zero-order valence-electron chi connectivity index (χ0n) is 20.3. The molecule has 17 N–H and O–H groups in total. The van der Waals surface area contributed by atoms with Crippen LogP contribution in [-0.4, -0.2) is 167 Å². The summed E-state index contributed by atoms with van der Waals surface area (Å²) in [6, 6.07) is -3.87. The molecule has 2 unspecified atom stereocenters. The van der Waals surface area contributed by atoms with E-state index in [-0.39, 0.29) is 0 Å². The molecule has 232 valence electrons. The third-order valence-corrected chi connectivity index (χ3v) is 6.33. The molecule has 3 saturated heterocycles. The molecular formula is C18H38N3O17P. The van der Waals surface area contributed by atoms with Crippen LogP contribution in [0.15, 0.2) is 0 Å². The first-order valence-corrected chi connectivity index (χ1v) is 13.2. The molecule has 0 spiro atoms. The molecule has 0 saturated carbocycles. The van der Waals surface area contributed by atoms with Gasteiger partial charge in [0.1, 0.15) is 54.9 Å². The van der Waals surface area contributed by atoms with E-state index >= 15 is 0 Å². The number of hydrogen-bond acceptors (Lipinski definition) is 17. The van der Waals surface area contributed by atoms with Gasteiger partial charge in [-0.1, -0.05) is 0 Å². The summed E-state index contributed by atoms with van der Waals surface area (Å²) in [4.78, 5) is 21.6. The van der Waals surface area contributed by atoms with E-state index in [4.69, 9.17) is 60.1 Å². The lowest BCUT2D eigenvalue weighted by molar-refractivity contribution is -0.348. The van der Waals surface area contributed by atoms with Crippen molar-refractivity contribution in [3.8, 4) is 0 Å². The van der Waals surface area contributed by atoms with Crippen molar-refractivity contribution < 1.29 is 83.8 Å². The average Bonchev–Trinajstić information content (AvgIpc) is 2.87. The van der Waals surface area contributed by atoms with E-state index in [1.165, 1.54) is 0 Å². The minimum Gasteiger partial charge on any atom is -0.394 e. The SMILES string of the molecule is N[C@H]1[C@H](OC2[C@@H](CO)O[C@@H](OC3[C@@H](CO)O[C@@H](O)[C@H](N)[C@H]3O)[C@H](N)[C@H]2O)O[C@H](CO)[C@@H](O)[C@@H]1O.O=P(O)(O)O. The van der Waals surface area contributed by atoms with E-state index < -0.39 is 120 Å². The number of hydrogen-bond donors (Lipinski definition) is 14. The Morgan fingerprint density at radius 2 is 0.949 bits per heavy atom. The Labute approximate surface area is 221 Å². The summed E-state index contributed by atoms with van der Waals surface area (Å²) in [6.07, 6.45) is -16.8. The predicted molar refractivity (Wildman–Crippen MR) is 121 cm³/mol. The van der Waals surface area contributed by atoms with Gasteiger partial charge in [0.2, 0.25) is 0 Å². The summed E-state index contributed by atoms with van der Waals surface area (Å²) in [7, 11) is -4.64. The van der Waals surface area contributed by atoms with Crippen LogP contribution >= 0.6 is 7.82 Å². The monoisotopic (exact) mass is 599 g/mol. The highest BCUT2D eigenvalue weighted by molar-refractivity contribution is 7.45.